The molecule has 0 saturated carbocycles. The number of likely N-dealkylation sites (tertiary alicyclic amines) is 1. The minimum Gasteiger partial charge on any atom is -0.385 e. The number of nitrogens with zero attached hydrogens (tertiary/aromatic N) is 1. The van der Waals surface area contributed by atoms with Crippen LogP contribution in [0.1, 0.15) is 47.2 Å². The van der Waals surface area contributed by atoms with Crippen LogP contribution in [-0.2, 0) is 38.3 Å². The number of hydrogen-bond donors (Lipinski definition) is 1. The summed E-state index contributed by atoms with van der Waals surface area (Å²) in [7, 11) is 0. The monoisotopic (exact) mass is 444 g/mol. The van der Waals surface area contributed by atoms with Crippen LogP contribution in [0.15, 0.2) is 48.5 Å². The fourth-order valence-electron chi connectivity index (χ4n) is 3.54. The van der Waals surface area contributed by atoms with Gasteiger partial charge in [-0.3, -0.25) is 4.79 Å². The van der Waals surface area contributed by atoms with Crippen LogP contribution in [0.3, 0.4) is 0 Å². The summed E-state index contributed by atoms with van der Waals surface area (Å²) in [5, 5.41) is 10.9. The Labute approximate surface area is 185 Å². The molecule has 1 saturated heterocycles. The third-order valence-electron chi connectivity index (χ3n) is 5.32. The van der Waals surface area contributed by atoms with Gasteiger partial charge in [-0.05, 0) is 62.6 Å². The Kier molecular flexibility index (Phi) is 8.29. The number of hydrogen-bond acceptors (Lipinski definition) is 3. The number of aryl methyl sites for hydroxylation is 1. The molecule has 3 nitrogen and oxygen atoms in total. The molecule has 0 amide bonds. The molecule has 1 heterocycles. The van der Waals surface area contributed by atoms with Crippen molar-refractivity contribution in [3.8, 4) is 0 Å². The predicted molar refractivity (Wildman–Crippen MR) is 101 cm³/mol. The van der Waals surface area contributed by atoms with Crippen LogP contribution >= 0.6 is 0 Å². The third-order valence-corrected chi connectivity index (χ3v) is 5.32. The summed E-state index contributed by atoms with van der Waals surface area (Å²) < 4.78 is 12.9. The Bertz CT molecular complexity index is 738. The van der Waals surface area contributed by atoms with Gasteiger partial charge in [0, 0.05) is 57.8 Å². The number of rotatable bonds is 6. The number of ketones is 1. The van der Waals surface area contributed by atoms with Crippen molar-refractivity contribution in [1.29, 1.82) is 0 Å². The van der Waals surface area contributed by atoms with Crippen LogP contribution in [0.4, 0.5) is 4.39 Å². The van der Waals surface area contributed by atoms with Gasteiger partial charge in [0.15, 0.2) is 5.78 Å². The van der Waals surface area contributed by atoms with Crippen molar-refractivity contribution in [3.63, 3.8) is 0 Å². The Morgan fingerprint density at radius 3 is 2.26 bits per heavy atom. The van der Waals surface area contributed by atoms with Crippen LogP contribution < -0.4 is 0 Å². The minimum atomic E-state index is -0.742. The number of Topliss-reactive ketones (excluding diaryl/α,β-unsaturated/α-hetero) is 1. The SMILES string of the molecule is Cc1ccc(C2(O)CCN(CCCC(=O)c3ccc(F)cc3)CC2)cc1.[Y]. The molecular formula is C22H26FNO2Y. The predicted octanol–water partition coefficient (Wildman–Crippen LogP) is 4.08. The van der Waals surface area contributed by atoms with Gasteiger partial charge in [0.05, 0.1) is 5.60 Å². The summed E-state index contributed by atoms with van der Waals surface area (Å²) >= 11 is 0. The van der Waals surface area contributed by atoms with E-state index in [9.17, 15) is 14.3 Å². The first-order chi connectivity index (χ1) is 12.5. The second kappa shape index (κ2) is 10.0. The van der Waals surface area contributed by atoms with Gasteiger partial charge in [-0.25, -0.2) is 4.39 Å². The van der Waals surface area contributed by atoms with Crippen molar-refractivity contribution in [2.45, 2.75) is 38.2 Å². The van der Waals surface area contributed by atoms with E-state index in [2.05, 4.69) is 4.90 Å². The zero-order chi connectivity index (χ0) is 18.6. The fraction of sp³-hybridized carbons (Fsp3) is 0.409. The van der Waals surface area contributed by atoms with Crippen LogP contribution in [0.5, 0.6) is 0 Å². The number of piperidine rings is 1. The molecule has 1 fully saturated rings. The Morgan fingerprint density at radius 2 is 1.67 bits per heavy atom. The van der Waals surface area contributed by atoms with E-state index in [0.717, 1.165) is 31.6 Å². The van der Waals surface area contributed by atoms with Crippen LogP contribution in [-0.4, -0.2) is 35.4 Å². The molecule has 1 radical (unpaired) electrons. The van der Waals surface area contributed by atoms with Crippen molar-refractivity contribution < 1.29 is 47.0 Å². The number of carbonyl (C=O) groups excluding carboxylic acids is 1. The Morgan fingerprint density at radius 1 is 1.07 bits per heavy atom. The number of halogens is 1. The first kappa shape index (κ1) is 22.4. The number of benzene rings is 2. The Balaban J connectivity index is 0.00000261. The maximum absolute atomic E-state index is 12.9. The number of carbonyl (C=O) groups is 1. The molecule has 0 aliphatic carbocycles. The average molecular weight is 444 g/mol. The molecule has 27 heavy (non-hydrogen) atoms. The maximum atomic E-state index is 12.9. The van der Waals surface area contributed by atoms with Crippen molar-refractivity contribution in [3.05, 3.63) is 71.0 Å². The zero-order valence-electron chi connectivity index (χ0n) is 15.8. The molecule has 0 bridgehead atoms. The molecule has 3 rings (SSSR count). The normalized spacial score (nSPS) is 16.6. The van der Waals surface area contributed by atoms with E-state index in [-0.39, 0.29) is 44.3 Å². The second-order valence-corrected chi connectivity index (χ2v) is 7.27. The molecule has 0 aromatic heterocycles. The summed E-state index contributed by atoms with van der Waals surface area (Å²) in [6, 6.07) is 13.9. The van der Waals surface area contributed by atoms with Crippen molar-refractivity contribution in [1.82, 2.24) is 4.90 Å². The minimum absolute atomic E-state index is 0. The van der Waals surface area contributed by atoms with Gasteiger partial charge in [0.2, 0.25) is 0 Å². The summed E-state index contributed by atoms with van der Waals surface area (Å²) in [5.41, 5.74) is 2.02. The summed E-state index contributed by atoms with van der Waals surface area (Å²) in [5.74, 6) is -0.269. The van der Waals surface area contributed by atoms with Gasteiger partial charge in [-0.15, -0.1) is 0 Å². The summed E-state index contributed by atoms with van der Waals surface area (Å²) in [4.78, 5) is 14.4. The van der Waals surface area contributed by atoms with E-state index in [0.29, 0.717) is 24.8 Å². The van der Waals surface area contributed by atoms with E-state index >= 15 is 0 Å². The first-order valence-electron chi connectivity index (χ1n) is 9.27. The molecule has 1 aliphatic heterocycles. The van der Waals surface area contributed by atoms with Crippen molar-refractivity contribution in [2.75, 3.05) is 19.6 Å². The molecule has 0 atom stereocenters. The third kappa shape index (κ3) is 6.02. The van der Waals surface area contributed by atoms with Crippen LogP contribution in [0.2, 0.25) is 0 Å². The zero-order valence-corrected chi connectivity index (χ0v) is 18.7. The molecule has 2 aromatic carbocycles. The molecule has 2 aromatic rings. The molecule has 1 N–H and O–H groups in total. The average Bonchev–Trinajstić information content (AvgIpc) is 2.64. The first-order valence-corrected chi connectivity index (χ1v) is 9.27. The van der Waals surface area contributed by atoms with Gasteiger partial charge < -0.3 is 10.0 Å². The maximum Gasteiger partial charge on any atom is 0.162 e. The molecule has 141 valence electrons. The molecule has 1 aliphatic rings. The Hall–Kier alpha value is -0.936. The van der Waals surface area contributed by atoms with Crippen LogP contribution in [0.25, 0.3) is 0 Å². The quantitative estimate of drug-likeness (QED) is 0.683. The van der Waals surface area contributed by atoms with Gasteiger partial charge in [0.1, 0.15) is 5.82 Å². The van der Waals surface area contributed by atoms with Gasteiger partial charge >= 0.3 is 0 Å². The van der Waals surface area contributed by atoms with E-state index < -0.39 is 5.60 Å². The van der Waals surface area contributed by atoms with Crippen molar-refractivity contribution >= 4 is 5.78 Å². The van der Waals surface area contributed by atoms with Gasteiger partial charge in [0.25, 0.3) is 0 Å². The summed E-state index contributed by atoms with van der Waals surface area (Å²) in [6.07, 6.45) is 2.66. The summed E-state index contributed by atoms with van der Waals surface area (Å²) in [6.45, 7) is 4.55. The van der Waals surface area contributed by atoms with Crippen LogP contribution in [0, 0.1) is 12.7 Å². The fourth-order valence-corrected chi connectivity index (χ4v) is 3.54. The van der Waals surface area contributed by atoms with E-state index in [4.69, 9.17) is 0 Å². The standard InChI is InChI=1S/C22H26FNO2.Y/c1-17-4-8-19(9-5-17)22(26)12-15-24(16-13-22)14-2-3-21(25)18-6-10-20(23)11-7-18;/h4-11,26H,2-3,12-16H2,1H3;. The van der Waals surface area contributed by atoms with E-state index in [1.807, 2.05) is 31.2 Å². The largest absolute Gasteiger partial charge is 0.385 e. The second-order valence-electron chi connectivity index (χ2n) is 7.27. The number of aliphatic hydroxyl groups is 1. The smallest absolute Gasteiger partial charge is 0.162 e. The van der Waals surface area contributed by atoms with E-state index in [1.165, 1.54) is 17.7 Å². The van der Waals surface area contributed by atoms with E-state index in [1.54, 1.807) is 12.1 Å². The molecule has 0 unspecified atom stereocenters. The van der Waals surface area contributed by atoms with Gasteiger partial charge in [-0.1, -0.05) is 29.8 Å². The van der Waals surface area contributed by atoms with Crippen molar-refractivity contribution in [2.24, 2.45) is 0 Å². The van der Waals surface area contributed by atoms with Gasteiger partial charge in [-0.2, -0.15) is 0 Å². The molecular weight excluding hydrogens is 418 g/mol. The topological polar surface area (TPSA) is 40.5 Å². The molecule has 0 spiro atoms. The molecule has 5 heteroatoms.